The molecule has 79 valence electrons. The average molecular weight is 215 g/mol. The molecular formula is C14H19Si. The summed E-state index contributed by atoms with van der Waals surface area (Å²) in [7, 11) is -1.26. The highest BCUT2D eigenvalue weighted by Gasteiger charge is 2.07. The SMILES string of the molecule is CC(C)c1[c]ccc(C#C[Si](C)(C)C)c1. The molecule has 0 saturated carbocycles. The predicted molar refractivity (Wildman–Crippen MR) is 69.6 cm³/mol. The third-order valence-electron chi connectivity index (χ3n) is 2.03. The van der Waals surface area contributed by atoms with E-state index in [1.165, 1.54) is 5.56 Å². The minimum atomic E-state index is -1.26. The van der Waals surface area contributed by atoms with Crippen LogP contribution in [0.1, 0.15) is 30.9 Å². The molecule has 1 rings (SSSR count). The van der Waals surface area contributed by atoms with E-state index in [-0.39, 0.29) is 0 Å². The summed E-state index contributed by atoms with van der Waals surface area (Å²) in [5.74, 6) is 3.80. The van der Waals surface area contributed by atoms with Gasteiger partial charge in [-0.25, -0.2) is 0 Å². The molecule has 1 aromatic rings. The van der Waals surface area contributed by atoms with E-state index in [0.29, 0.717) is 5.92 Å². The Hall–Kier alpha value is -1.00. The molecule has 0 spiro atoms. The molecule has 0 N–H and O–H groups in total. The van der Waals surface area contributed by atoms with Crippen LogP contribution < -0.4 is 0 Å². The Labute approximate surface area is 94.7 Å². The largest absolute Gasteiger partial charge is 0.129 e. The summed E-state index contributed by atoms with van der Waals surface area (Å²) < 4.78 is 0. The highest BCUT2D eigenvalue weighted by molar-refractivity contribution is 6.83. The van der Waals surface area contributed by atoms with Crippen LogP contribution in [-0.2, 0) is 0 Å². The molecule has 1 radical (unpaired) electrons. The molecule has 0 amide bonds. The Morgan fingerprint density at radius 1 is 1.27 bits per heavy atom. The summed E-state index contributed by atoms with van der Waals surface area (Å²) in [5.41, 5.74) is 5.75. The minimum absolute atomic E-state index is 0.527. The zero-order valence-electron chi connectivity index (χ0n) is 10.3. The van der Waals surface area contributed by atoms with Gasteiger partial charge in [0.2, 0.25) is 0 Å². The van der Waals surface area contributed by atoms with Gasteiger partial charge in [-0.3, -0.25) is 0 Å². The Morgan fingerprint density at radius 2 is 1.93 bits per heavy atom. The van der Waals surface area contributed by atoms with Crippen LogP contribution in [0.4, 0.5) is 0 Å². The number of hydrogen-bond donors (Lipinski definition) is 0. The van der Waals surface area contributed by atoms with Crippen LogP contribution >= 0.6 is 0 Å². The topological polar surface area (TPSA) is 0 Å². The number of hydrogen-bond acceptors (Lipinski definition) is 0. The lowest BCUT2D eigenvalue weighted by Crippen LogP contribution is -2.16. The van der Waals surface area contributed by atoms with Crippen LogP contribution in [0.2, 0.25) is 19.6 Å². The van der Waals surface area contributed by atoms with E-state index in [2.05, 4.69) is 57.1 Å². The molecule has 0 atom stereocenters. The summed E-state index contributed by atoms with van der Waals surface area (Å²) in [6, 6.07) is 9.42. The van der Waals surface area contributed by atoms with Gasteiger partial charge in [0, 0.05) is 5.56 Å². The van der Waals surface area contributed by atoms with Gasteiger partial charge in [-0.1, -0.05) is 45.5 Å². The predicted octanol–water partition coefficient (Wildman–Crippen LogP) is 3.84. The first-order valence-electron chi connectivity index (χ1n) is 5.43. The summed E-state index contributed by atoms with van der Waals surface area (Å²) >= 11 is 0. The van der Waals surface area contributed by atoms with E-state index >= 15 is 0 Å². The van der Waals surface area contributed by atoms with Crippen molar-refractivity contribution in [3.05, 3.63) is 35.4 Å². The van der Waals surface area contributed by atoms with Crippen LogP contribution in [0.15, 0.2) is 18.2 Å². The first-order valence-corrected chi connectivity index (χ1v) is 8.93. The van der Waals surface area contributed by atoms with Gasteiger partial charge in [-0.2, -0.15) is 0 Å². The summed E-state index contributed by atoms with van der Waals surface area (Å²) in [5, 5.41) is 0. The lowest BCUT2D eigenvalue weighted by molar-refractivity contribution is 0.864. The number of rotatable bonds is 1. The molecule has 0 aromatic heterocycles. The lowest BCUT2D eigenvalue weighted by Gasteiger charge is -2.05. The molecule has 15 heavy (non-hydrogen) atoms. The van der Waals surface area contributed by atoms with E-state index in [0.717, 1.165) is 5.56 Å². The van der Waals surface area contributed by atoms with Crippen molar-refractivity contribution in [3.63, 3.8) is 0 Å². The quantitative estimate of drug-likeness (QED) is 0.493. The molecule has 0 heterocycles. The van der Waals surface area contributed by atoms with Crippen LogP contribution in [-0.4, -0.2) is 8.07 Å². The Bertz CT molecular complexity index is 386. The summed E-state index contributed by atoms with van der Waals surface area (Å²) in [4.78, 5) is 0. The monoisotopic (exact) mass is 215 g/mol. The van der Waals surface area contributed by atoms with Crippen molar-refractivity contribution >= 4 is 8.07 Å². The fraction of sp³-hybridized carbons (Fsp3) is 0.429. The van der Waals surface area contributed by atoms with Gasteiger partial charge in [-0.15, -0.1) is 5.54 Å². The number of benzene rings is 1. The van der Waals surface area contributed by atoms with E-state index in [1.54, 1.807) is 0 Å². The van der Waals surface area contributed by atoms with Crippen molar-refractivity contribution < 1.29 is 0 Å². The van der Waals surface area contributed by atoms with Gasteiger partial charge in [0.05, 0.1) is 0 Å². The Kier molecular flexibility index (Phi) is 3.76. The van der Waals surface area contributed by atoms with Gasteiger partial charge in [0.25, 0.3) is 0 Å². The molecule has 0 aliphatic carbocycles. The first-order chi connectivity index (χ1) is 6.88. The van der Waals surface area contributed by atoms with Crippen LogP contribution in [0.3, 0.4) is 0 Å². The maximum atomic E-state index is 3.38. The molecule has 0 aliphatic rings. The van der Waals surface area contributed by atoms with Crippen LogP contribution in [0.5, 0.6) is 0 Å². The highest BCUT2D eigenvalue weighted by atomic mass is 28.3. The summed E-state index contributed by atoms with van der Waals surface area (Å²) in [6.07, 6.45) is 0. The molecule has 0 bridgehead atoms. The fourth-order valence-electron chi connectivity index (χ4n) is 1.16. The molecule has 0 fully saturated rings. The minimum Gasteiger partial charge on any atom is -0.127 e. The maximum absolute atomic E-state index is 3.38. The third-order valence-corrected chi connectivity index (χ3v) is 2.90. The molecule has 0 aliphatic heterocycles. The molecule has 0 saturated heterocycles. The van der Waals surface area contributed by atoms with E-state index in [1.807, 2.05) is 12.1 Å². The smallest absolute Gasteiger partial charge is 0.127 e. The van der Waals surface area contributed by atoms with Crippen molar-refractivity contribution in [2.24, 2.45) is 0 Å². The molecule has 1 heteroatoms. The van der Waals surface area contributed by atoms with Crippen molar-refractivity contribution in [2.75, 3.05) is 0 Å². The second-order valence-electron chi connectivity index (χ2n) is 5.19. The average Bonchev–Trinajstić information content (AvgIpc) is 2.14. The van der Waals surface area contributed by atoms with Gasteiger partial charge in [-0.05, 0) is 29.7 Å². The molecule has 0 nitrogen and oxygen atoms in total. The van der Waals surface area contributed by atoms with Crippen molar-refractivity contribution in [3.8, 4) is 11.5 Å². The normalized spacial score (nSPS) is 11.1. The Morgan fingerprint density at radius 3 is 2.47 bits per heavy atom. The second-order valence-corrected chi connectivity index (χ2v) is 9.94. The van der Waals surface area contributed by atoms with Gasteiger partial charge in [0.1, 0.15) is 8.07 Å². The van der Waals surface area contributed by atoms with E-state index in [4.69, 9.17) is 0 Å². The third kappa shape index (κ3) is 4.36. The van der Waals surface area contributed by atoms with Crippen molar-refractivity contribution in [2.45, 2.75) is 39.4 Å². The van der Waals surface area contributed by atoms with Crippen LogP contribution in [0.25, 0.3) is 0 Å². The van der Waals surface area contributed by atoms with Gasteiger partial charge in [0.15, 0.2) is 0 Å². The van der Waals surface area contributed by atoms with E-state index in [9.17, 15) is 0 Å². The maximum Gasteiger partial charge on any atom is 0.129 e. The van der Waals surface area contributed by atoms with Crippen molar-refractivity contribution in [1.29, 1.82) is 0 Å². The molecular weight excluding hydrogens is 196 g/mol. The van der Waals surface area contributed by atoms with Gasteiger partial charge >= 0.3 is 0 Å². The standard InChI is InChI=1S/C14H19Si/c1-12(2)14-8-6-7-13(11-14)9-10-15(3,4)5/h6-7,11-12H,1-5H3. The van der Waals surface area contributed by atoms with Gasteiger partial charge < -0.3 is 0 Å². The second kappa shape index (κ2) is 4.68. The fourth-order valence-corrected chi connectivity index (χ4v) is 1.68. The molecule has 0 unspecified atom stereocenters. The zero-order valence-corrected chi connectivity index (χ0v) is 11.3. The zero-order chi connectivity index (χ0) is 11.5. The Balaban J connectivity index is 2.95. The van der Waals surface area contributed by atoms with Crippen LogP contribution in [0, 0.1) is 17.5 Å². The first kappa shape index (κ1) is 12.1. The van der Waals surface area contributed by atoms with E-state index < -0.39 is 8.07 Å². The lowest BCUT2D eigenvalue weighted by atomic mass is 10.0. The summed E-state index contributed by atoms with van der Waals surface area (Å²) in [6.45, 7) is 11.2. The highest BCUT2D eigenvalue weighted by Crippen LogP contribution is 2.14. The molecule has 1 aromatic carbocycles. The van der Waals surface area contributed by atoms with Crippen molar-refractivity contribution in [1.82, 2.24) is 0 Å².